The molecule has 18 heavy (non-hydrogen) atoms. The van der Waals surface area contributed by atoms with Crippen LogP contribution >= 0.6 is 0 Å². The van der Waals surface area contributed by atoms with Gasteiger partial charge in [0.05, 0.1) is 12.7 Å². The van der Waals surface area contributed by atoms with Crippen molar-refractivity contribution in [1.82, 2.24) is 0 Å². The summed E-state index contributed by atoms with van der Waals surface area (Å²) in [6, 6.07) is 0. The number of hydrogen-bond donors (Lipinski definition) is 0. The molecule has 0 aromatic heterocycles. The van der Waals surface area contributed by atoms with E-state index in [-0.39, 0.29) is 6.29 Å². The topological polar surface area (TPSA) is 18.5 Å². The van der Waals surface area contributed by atoms with E-state index < -0.39 is 0 Å². The van der Waals surface area contributed by atoms with Crippen molar-refractivity contribution in [2.24, 2.45) is 5.92 Å². The average Bonchev–Trinajstić information content (AvgIpc) is 2.79. The van der Waals surface area contributed by atoms with E-state index >= 15 is 0 Å². The zero-order chi connectivity index (χ0) is 13.2. The van der Waals surface area contributed by atoms with Gasteiger partial charge in [0.2, 0.25) is 0 Å². The van der Waals surface area contributed by atoms with Crippen molar-refractivity contribution in [3.8, 4) is 0 Å². The molecule has 2 nitrogen and oxygen atoms in total. The van der Waals surface area contributed by atoms with Gasteiger partial charge < -0.3 is 9.47 Å². The molecule has 0 spiro atoms. The van der Waals surface area contributed by atoms with Crippen LogP contribution in [0.25, 0.3) is 0 Å². The maximum Gasteiger partial charge on any atom is 0.160 e. The van der Waals surface area contributed by atoms with Gasteiger partial charge in [0.1, 0.15) is 0 Å². The SMILES string of the molecule is CCCCCCCCC(CCC)C1OCC(C)O1. The summed E-state index contributed by atoms with van der Waals surface area (Å²) in [4.78, 5) is 0. The molecular weight excluding hydrogens is 224 g/mol. The Bertz CT molecular complexity index is 194. The van der Waals surface area contributed by atoms with E-state index in [9.17, 15) is 0 Å². The molecule has 1 heterocycles. The Labute approximate surface area is 113 Å². The third-order valence-electron chi connectivity index (χ3n) is 3.83. The number of rotatable bonds is 10. The maximum absolute atomic E-state index is 5.85. The van der Waals surface area contributed by atoms with Crippen molar-refractivity contribution in [1.29, 1.82) is 0 Å². The normalized spacial score (nSPS) is 25.5. The molecule has 1 fully saturated rings. The minimum absolute atomic E-state index is 0.0793. The predicted octanol–water partition coefficient (Wildman–Crippen LogP) is 4.91. The summed E-state index contributed by atoms with van der Waals surface area (Å²) in [5.41, 5.74) is 0. The van der Waals surface area contributed by atoms with Crippen molar-refractivity contribution >= 4 is 0 Å². The monoisotopic (exact) mass is 256 g/mol. The standard InChI is InChI=1S/C16H32O2/c1-4-6-7-8-9-10-12-15(11-5-2)16-17-13-14(3)18-16/h14-16H,4-13H2,1-3H3. The molecule has 0 aliphatic carbocycles. The molecule has 1 rings (SSSR count). The molecule has 0 radical (unpaired) electrons. The number of unbranched alkanes of at least 4 members (excludes halogenated alkanes) is 5. The fourth-order valence-corrected chi connectivity index (χ4v) is 2.76. The van der Waals surface area contributed by atoms with Crippen molar-refractivity contribution in [2.75, 3.05) is 6.61 Å². The lowest BCUT2D eigenvalue weighted by Crippen LogP contribution is -2.22. The van der Waals surface area contributed by atoms with E-state index in [4.69, 9.17) is 9.47 Å². The van der Waals surface area contributed by atoms with Gasteiger partial charge >= 0.3 is 0 Å². The molecule has 0 N–H and O–H groups in total. The fraction of sp³-hybridized carbons (Fsp3) is 1.00. The summed E-state index contributed by atoms with van der Waals surface area (Å²) in [6.07, 6.45) is 12.4. The summed E-state index contributed by atoms with van der Waals surface area (Å²) in [5, 5.41) is 0. The molecule has 3 unspecified atom stereocenters. The molecule has 108 valence electrons. The van der Waals surface area contributed by atoms with Crippen LogP contribution in [0.15, 0.2) is 0 Å². The van der Waals surface area contributed by atoms with E-state index in [1.807, 2.05) is 0 Å². The first-order valence-corrected chi connectivity index (χ1v) is 8.05. The van der Waals surface area contributed by atoms with Gasteiger partial charge in [0.25, 0.3) is 0 Å². The van der Waals surface area contributed by atoms with Gasteiger partial charge in [-0.25, -0.2) is 0 Å². The predicted molar refractivity (Wildman–Crippen MR) is 76.7 cm³/mol. The molecule has 3 atom stereocenters. The minimum atomic E-state index is 0.0793. The Morgan fingerprint density at radius 3 is 2.28 bits per heavy atom. The summed E-state index contributed by atoms with van der Waals surface area (Å²) in [7, 11) is 0. The first-order valence-electron chi connectivity index (χ1n) is 8.05. The third kappa shape index (κ3) is 6.19. The van der Waals surface area contributed by atoms with E-state index in [0.29, 0.717) is 12.0 Å². The molecule has 0 amide bonds. The summed E-state index contributed by atoms with van der Waals surface area (Å²) in [6.45, 7) is 7.41. The lowest BCUT2D eigenvalue weighted by molar-refractivity contribution is -0.0987. The van der Waals surface area contributed by atoms with E-state index in [2.05, 4.69) is 20.8 Å². The Kier molecular flexibility index (Phi) is 8.70. The highest BCUT2D eigenvalue weighted by Crippen LogP contribution is 2.27. The second kappa shape index (κ2) is 9.80. The second-order valence-corrected chi connectivity index (χ2v) is 5.75. The molecule has 2 heteroatoms. The Hall–Kier alpha value is -0.0800. The van der Waals surface area contributed by atoms with Crippen LogP contribution in [0.3, 0.4) is 0 Å². The van der Waals surface area contributed by atoms with Gasteiger partial charge in [-0.15, -0.1) is 0 Å². The first kappa shape index (κ1) is 16.0. The lowest BCUT2D eigenvalue weighted by Gasteiger charge is -2.22. The van der Waals surface area contributed by atoms with Crippen molar-refractivity contribution in [3.63, 3.8) is 0 Å². The Balaban J connectivity index is 2.13. The van der Waals surface area contributed by atoms with Gasteiger partial charge in [-0.2, -0.15) is 0 Å². The highest BCUT2D eigenvalue weighted by Gasteiger charge is 2.29. The van der Waals surface area contributed by atoms with Crippen LogP contribution in [0.4, 0.5) is 0 Å². The molecule has 0 aromatic carbocycles. The quantitative estimate of drug-likeness (QED) is 0.517. The Morgan fingerprint density at radius 1 is 0.944 bits per heavy atom. The van der Waals surface area contributed by atoms with Gasteiger partial charge in [0.15, 0.2) is 6.29 Å². The van der Waals surface area contributed by atoms with Gasteiger partial charge in [-0.3, -0.25) is 0 Å². The van der Waals surface area contributed by atoms with Crippen LogP contribution in [0.2, 0.25) is 0 Å². The zero-order valence-electron chi connectivity index (χ0n) is 12.6. The van der Waals surface area contributed by atoms with Gasteiger partial charge in [-0.05, 0) is 19.8 Å². The molecule has 0 saturated carbocycles. The lowest BCUT2D eigenvalue weighted by atomic mass is 9.95. The molecule has 1 saturated heterocycles. The minimum Gasteiger partial charge on any atom is -0.350 e. The van der Waals surface area contributed by atoms with Crippen LogP contribution in [-0.4, -0.2) is 19.0 Å². The van der Waals surface area contributed by atoms with Crippen molar-refractivity contribution < 1.29 is 9.47 Å². The van der Waals surface area contributed by atoms with Crippen LogP contribution in [0.1, 0.15) is 78.6 Å². The Morgan fingerprint density at radius 2 is 1.67 bits per heavy atom. The van der Waals surface area contributed by atoms with Gasteiger partial charge in [-0.1, -0.05) is 58.8 Å². The first-order chi connectivity index (χ1) is 8.77. The molecule has 1 aliphatic rings. The van der Waals surface area contributed by atoms with Crippen molar-refractivity contribution in [2.45, 2.75) is 91.0 Å². The molecular formula is C16H32O2. The maximum atomic E-state index is 5.85. The third-order valence-corrected chi connectivity index (χ3v) is 3.83. The fourth-order valence-electron chi connectivity index (χ4n) is 2.76. The second-order valence-electron chi connectivity index (χ2n) is 5.75. The van der Waals surface area contributed by atoms with E-state index in [1.165, 1.54) is 57.8 Å². The van der Waals surface area contributed by atoms with Crippen LogP contribution in [0, 0.1) is 5.92 Å². The highest BCUT2D eigenvalue weighted by molar-refractivity contribution is 4.69. The van der Waals surface area contributed by atoms with Crippen LogP contribution in [-0.2, 0) is 9.47 Å². The number of hydrogen-bond acceptors (Lipinski definition) is 2. The highest BCUT2D eigenvalue weighted by atomic mass is 16.7. The summed E-state index contributed by atoms with van der Waals surface area (Å²) < 4.78 is 11.6. The smallest absolute Gasteiger partial charge is 0.160 e. The van der Waals surface area contributed by atoms with E-state index in [0.717, 1.165) is 6.61 Å². The largest absolute Gasteiger partial charge is 0.350 e. The average molecular weight is 256 g/mol. The van der Waals surface area contributed by atoms with Gasteiger partial charge in [0, 0.05) is 5.92 Å². The molecule has 0 bridgehead atoms. The molecule has 1 aliphatic heterocycles. The summed E-state index contributed by atoms with van der Waals surface area (Å²) in [5.74, 6) is 0.617. The van der Waals surface area contributed by atoms with Crippen LogP contribution in [0.5, 0.6) is 0 Å². The summed E-state index contributed by atoms with van der Waals surface area (Å²) >= 11 is 0. The van der Waals surface area contributed by atoms with Crippen LogP contribution < -0.4 is 0 Å². The number of ether oxygens (including phenoxy) is 2. The van der Waals surface area contributed by atoms with E-state index in [1.54, 1.807) is 0 Å². The van der Waals surface area contributed by atoms with Crippen molar-refractivity contribution in [3.05, 3.63) is 0 Å². The zero-order valence-corrected chi connectivity index (χ0v) is 12.6. The molecule has 0 aromatic rings.